The minimum atomic E-state index is -2.82. The Labute approximate surface area is 115 Å². The number of nitrogens with one attached hydrogen (secondary N) is 2. The molecule has 19 heavy (non-hydrogen) atoms. The lowest BCUT2D eigenvalue weighted by atomic mass is 9.95. The van der Waals surface area contributed by atoms with Crippen molar-refractivity contribution < 1.29 is 13.2 Å². The quantitative estimate of drug-likeness (QED) is 0.794. The van der Waals surface area contributed by atoms with Crippen LogP contribution in [0.1, 0.15) is 44.9 Å². The van der Waals surface area contributed by atoms with Crippen molar-refractivity contribution in [3.8, 4) is 0 Å². The molecule has 1 saturated carbocycles. The third-order valence-corrected chi connectivity index (χ3v) is 5.79. The smallest absolute Gasteiger partial charge is 0.234 e. The van der Waals surface area contributed by atoms with Gasteiger partial charge in [-0.25, -0.2) is 8.42 Å². The molecular formula is C13H24N2O3S. The number of carbonyl (C=O) groups excluding carboxylic acids is 1. The minimum Gasteiger partial charge on any atom is -0.352 e. The van der Waals surface area contributed by atoms with E-state index < -0.39 is 9.84 Å². The molecule has 0 spiro atoms. The predicted molar refractivity (Wildman–Crippen MR) is 74.7 cm³/mol. The Hall–Kier alpha value is -0.620. The Morgan fingerprint density at radius 1 is 0.947 bits per heavy atom. The van der Waals surface area contributed by atoms with E-state index in [9.17, 15) is 13.2 Å². The standard InChI is InChI=1S/C13H24N2O3S/c16-13(15-12-4-2-1-3-5-12)10-14-11-6-8-19(17,18)9-7-11/h11-12,14H,1-10H2,(H,15,16). The van der Waals surface area contributed by atoms with Gasteiger partial charge in [-0.05, 0) is 25.7 Å². The molecule has 0 aromatic carbocycles. The van der Waals surface area contributed by atoms with Gasteiger partial charge >= 0.3 is 0 Å². The van der Waals surface area contributed by atoms with Crippen molar-refractivity contribution in [1.82, 2.24) is 10.6 Å². The van der Waals surface area contributed by atoms with E-state index in [4.69, 9.17) is 0 Å². The van der Waals surface area contributed by atoms with Crippen LogP contribution in [0.5, 0.6) is 0 Å². The van der Waals surface area contributed by atoms with Gasteiger partial charge in [-0.1, -0.05) is 19.3 Å². The highest BCUT2D eigenvalue weighted by atomic mass is 32.2. The lowest BCUT2D eigenvalue weighted by Gasteiger charge is -2.25. The normalized spacial score (nSPS) is 25.1. The van der Waals surface area contributed by atoms with Crippen LogP contribution in [0.3, 0.4) is 0 Å². The molecule has 0 unspecified atom stereocenters. The van der Waals surface area contributed by atoms with Crippen LogP contribution in [0.25, 0.3) is 0 Å². The summed E-state index contributed by atoms with van der Waals surface area (Å²) in [5.41, 5.74) is 0. The van der Waals surface area contributed by atoms with Crippen LogP contribution in [0.15, 0.2) is 0 Å². The van der Waals surface area contributed by atoms with Gasteiger partial charge < -0.3 is 10.6 Å². The molecule has 1 amide bonds. The summed E-state index contributed by atoms with van der Waals surface area (Å²) in [6, 6.07) is 0.510. The zero-order valence-corrected chi connectivity index (χ0v) is 12.2. The molecule has 2 fully saturated rings. The highest BCUT2D eigenvalue weighted by Gasteiger charge is 2.24. The van der Waals surface area contributed by atoms with Crippen molar-refractivity contribution in [3.63, 3.8) is 0 Å². The number of amides is 1. The molecule has 110 valence electrons. The fraction of sp³-hybridized carbons (Fsp3) is 0.923. The number of sulfone groups is 1. The van der Waals surface area contributed by atoms with Gasteiger partial charge in [0.25, 0.3) is 0 Å². The van der Waals surface area contributed by atoms with Crippen molar-refractivity contribution in [3.05, 3.63) is 0 Å². The maximum absolute atomic E-state index is 11.8. The van der Waals surface area contributed by atoms with E-state index in [-0.39, 0.29) is 23.5 Å². The Bertz CT molecular complexity index is 388. The lowest BCUT2D eigenvalue weighted by molar-refractivity contribution is -0.121. The Balaban J connectivity index is 1.63. The molecule has 2 N–H and O–H groups in total. The lowest BCUT2D eigenvalue weighted by Crippen LogP contribution is -2.45. The van der Waals surface area contributed by atoms with Crippen molar-refractivity contribution in [2.45, 2.75) is 57.0 Å². The van der Waals surface area contributed by atoms with Gasteiger partial charge in [0, 0.05) is 12.1 Å². The number of hydrogen-bond acceptors (Lipinski definition) is 4. The van der Waals surface area contributed by atoms with Crippen molar-refractivity contribution >= 4 is 15.7 Å². The minimum absolute atomic E-state index is 0.0420. The van der Waals surface area contributed by atoms with Crippen LogP contribution in [0, 0.1) is 0 Å². The van der Waals surface area contributed by atoms with Crippen LogP contribution >= 0.6 is 0 Å². The highest BCUT2D eigenvalue weighted by molar-refractivity contribution is 7.91. The predicted octanol–water partition coefficient (Wildman–Crippen LogP) is 0.602. The summed E-state index contributed by atoms with van der Waals surface area (Å²) in [6.07, 6.45) is 7.12. The van der Waals surface area contributed by atoms with E-state index in [2.05, 4.69) is 10.6 Å². The first-order valence-electron chi connectivity index (χ1n) is 7.28. The molecule has 2 rings (SSSR count). The van der Waals surface area contributed by atoms with Crippen LogP contribution in [-0.4, -0.2) is 44.5 Å². The van der Waals surface area contributed by atoms with Gasteiger partial charge in [0.1, 0.15) is 9.84 Å². The molecule has 0 aromatic heterocycles. The zero-order valence-electron chi connectivity index (χ0n) is 11.4. The first-order chi connectivity index (χ1) is 9.05. The second-order valence-electron chi connectivity index (χ2n) is 5.71. The van der Waals surface area contributed by atoms with E-state index in [0.29, 0.717) is 25.4 Å². The van der Waals surface area contributed by atoms with E-state index in [1.807, 2.05) is 0 Å². The van der Waals surface area contributed by atoms with E-state index >= 15 is 0 Å². The first-order valence-corrected chi connectivity index (χ1v) is 9.10. The van der Waals surface area contributed by atoms with Crippen LogP contribution in [-0.2, 0) is 14.6 Å². The summed E-state index contributed by atoms with van der Waals surface area (Å²) in [7, 11) is -2.82. The Morgan fingerprint density at radius 3 is 2.21 bits per heavy atom. The molecule has 1 saturated heterocycles. The maximum Gasteiger partial charge on any atom is 0.234 e. The fourth-order valence-electron chi connectivity index (χ4n) is 2.86. The van der Waals surface area contributed by atoms with Gasteiger partial charge in [-0.3, -0.25) is 4.79 Å². The average Bonchev–Trinajstić information content (AvgIpc) is 2.39. The van der Waals surface area contributed by atoms with Gasteiger partial charge in [0.15, 0.2) is 0 Å². The summed E-state index contributed by atoms with van der Waals surface area (Å²) >= 11 is 0. The van der Waals surface area contributed by atoms with Crippen LogP contribution < -0.4 is 10.6 Å². The molecule has 1 aliphatic carbocycles. The molecule has 1 heterocycles. The number of carbonyl (C=O) groups is 1. The summed E-state index contributed by atoms with van der Waals surface area (Å²) in [6.45, 7) is 0.307. The van der Waals surface area contributed by atoms with Crippen molar-refractivity contribution in [2.24, 2.45) is 0 Å². The zero-order chi connectivity index (χ0) is 13.7. The molecular weight excluding hydrogens is 264 g/mol. The van der Waals surface area contributed by atoms with Crippen LogP contribution in [0.4, 0.5) is 0 Å². The molecule has 5 nitrogen and oxygen atoms in total. The summed E-state index contributed by atoms with van der Waals surface area (Å²) < 4.78 is 22.6. The fourth-order valence-corrected chi connectivity index (χ4v) is 4.35. The van der Waals surface area contributed by atoms with Gasteiger partial charge in [-0.2, -0.15) is 0 Å². The second kappa shape index (κ2) is 6.70. The molecule has 6 heteroatoms. The molecule has 0 aromatic rings. The van der Waals surface area contributed by atoms with Crippen molar-refractivity contribution in [1.29, 1.82) is 0 Å². The number of rotatable bonds is 4. The SMILES string of the molecule is O=C(CNC1CCS(=O)(=O)CC1)NC1CCCCC1. The van der Waals surface area contributed by atoms with E-state index in [0.717, 1.165) is 12.8 Å². The van der Waals surface area contributed by atoms with Crippen LogP contribution in [0.2, 0.25) is 0 Å². The van der Waals surface area contributed by atoms with E-state index in [1.165, 1.54) is 19.3 Å². The molecule has 0 atom stereocenters. The largest absolute Gasteiger partial charge is 0.352 e. The maximum atomic E-state index is 11.8. The summed E-state index contributed by atoms with van der Waals surface area (Å²) in [5.74, 6) is 0.532. The Kier molecular flexibility index (Phi) is 5.21. The third-order valence-electron chi connectivity index (χ3n) is 4.08. The molecule has 1 aliphatic heterocycles. The summed E-state index contributed by atoms with van der Waals surface area (Å²) in [4.78, 5) is 11.8. The van der Waals surface area contributed by atoms with E-state index in [1.54, 1.807) is 0 Å². The molecule has 2 aliphatic rings. The van der Waals surface area contributed by atoms with Gasteiger partial charge in [-0.15, -0.1) is 0 Å². The van der Waals surface area contributed by atoms with Gasteiger partial charge in [0.2, 0.25) is 5.91 Å². The van der Waals surface area contributed by atoms with Gasteiger partial charge in [0.05, 0.1) is 18.1 Å². The average molecular weight is 288 g/mol. The monoisotopic (exact) mass is 288 g/mol. The molecule has 0 radical (unpaired) electrons. The highest BCUT2D eigenvalue weighted by Crippen LogP contribution is 2.17. The third kappa shape index (κ3) is 5.10. The molecule has 0 bridgehead atoms. The van der Waals surface area contributed by atoms with Crippen molar-refractivity contribution in [2.75, 3.05) is 18.1 Å². The number of hydrogen-bond donors (Lipinski definition) is 2. The Morgan fingerprint density at radius 2 is 1.58 bits per heavy atom. The topological polar surface area (TPSA) is 75.3 Å². The second-order valence-corrected chi connectivity index (χ2v) is 8.01. The summed E-state index contributed by atoms with van der Waals surface area (Å²) in [5, 5.41) is 6.23. The first kappa shape index (κ1) is 14.8.